The van der Waals surface area contributed by atoms with Gasteiger partial charge in [0.2, 0.25) is 0 Å². The van der Waals surface area contributed by atoms with Gasteiger partial charge in [-0.1, -0.05) is 65.5 Å². The molecule has 0 N–H and O–H groups in total. The number of aromatic nitrogens is 4. The zero-order valence-corrected chi connectivity index (χ0v) is 26.6. The van der Waals surface area contributed by atoms with Gasteiger partial charge in [-0.2, -0.15) is 0 Å². The average Bonchev–Trinajstić information content (AvgIpc) is 3.68. The minimum absolute atomic E-state index is 0. The number of para-hydroxylation sites is 1. The molecule has 0 amide bonds. The molecule has 0 spiro atoms. The summed E-state index contributed by atoms with van der Waals surface area (Å²) in [6.07, 6.45) is 3.66. The molecule has 223 valence electrons. The first kappa shape index (κ1) is 29.2. The van der Waals surface area contributed by atoms with Gasteiger partial charge in [-0.15, -0.1) is 54.1 Å². The molecule has 0 aliphatic carbocycles. The van der Waals surface area contributed by atoms with Gasteiger partial charge in [0, 0.05) is 60.4 Å². The van der Waals surface area contributed by atoms with E-state index in [4.69, 9.17) is 14.4 Å². The second kappa shape index (κ2) is 12.5. The summed E-state index contributed by atoms with van der Waals surface area (Å²) in [7, 11) is 0. The van der Waals surface area contributed by atoms with Crippen LogP contribution < -0.4 is 0 Å². The molecule has 0 unspecified atom stereocenters. The van der Waals surface area contributed by atoms with Crippen LogP contribution in [0.25, 0.3) is 72.2 Å². The smallest absolute Gasteiger partial charge is 0.156 e. The second-order valence-corrected chi connectivity index (χ2v) is 10.5. The van der Waals surface area contributed by atoms with Crippen LogP contribution in [0.2, 0.25) is 0 Å². The summed E-state index contributed by atoms with van der Waals surface area (Å²) in [6, 6.07) is 46.6. The van der Waals surface area contributed by atoms with Crippen LogP contribution in [0, 0.1) is 17.9 Å². The minimum Gasteiger partial charge on any atom is -0.500 e. The fraction of sp³-hybridized carbons (Fsp3) is 0. The molecule has 5 nitrogen and oxygen atoms in total. The zero-order chi connectivity index (χ0) is 30.2. The van der Waals surface area contributed by atoms with Crippen molar-refractivity contribution in [1.82, 2.24) is 19.5 Å². The van der Waals surface area contributed by atoms with E-state index < -0.39 is 0 Å². The molecule has 9 rings (SSSR count). The van der Waals surface area contributed by atoms with Crippen molar-refractivity contribution in [2.75, 3.05) is 0 Å². The van der Waals surface area contributed by atoms with E-state index in [1.165, 1.54) is 12.1 Å². The van der Waals surface area contributed by atoms with Crippen molar-refractivity contribution in [2.45, 2.75) is 0 Å². The molecule has 5 aromatic carbocycles. The number of benzene rings is 5. The van der Waals surface area contributed by atoms with Crippen molar-refractivity contribution >= 4 is 43.9 Å². The van der Waals surface area contributed by atoms with Crippen LogP contribution in [-0.2, 0) is 20.1 Å². The Morgan fingerprint density at radius 2 is 1.52 bits per heavy atom. The molecule has 7 heteroatoms. The minimum atomic E-state index is -0.334. The van der Waals surface area contributed by atoms with E-state index in [2.05, 4.69) is 23.2 Å². The third-order valence-corrected chi connectivity index (χ3v) is 7.68. The van der Waals surface area contributed by atoms with E-state index in [1.54, 1.807) is 12.3 Å². The molecular formula is C39H23FIrN4O-2. The number of imidazole rings is 1. The Morgan fingerprint density at radius 1 is 0.696 bits per heavy atom. The van der Waals surface area contributed by atoms with Crippen LogP contribution in [0.15, 0.2) is 144 Å². The predicted molar refractivity (Wildman–Crippen MR) is 176 cm³/mol. The third-order valence-electron chi connectivity index (χ3n) is 7.68. The van der Waals surface area contributed by atoms with Crippen molar-refractivity contribution in [2.24, 2.45) is 0 Å². The predicted octanol–water partition coefficient (Wildman–Crippen LogP) is 9.63. The van der Waals surface area contributed by atoms with Gasteiger partial charge in [0.05, 0.1) is 11.4 Å². The molecule has 0 atom stereocenters. The van der Waals surface area contributed by atoms with Gasteiger partial charge < -0.3 is 14.0 Å². The Bertz CT molecular complexity index is 2410. The van der Waals surface area contributed by atoms with E-state index in [9.17, 15) is 4.39 Å². The molecule has 4 heterocycles. The van der Waals surface area contributed by atoms with Crippen molar-refractivity contribution < 1.29 is 28.9 Å². The van der Waals surface area contributed by atoms with Crippen LogP contribution in [0.5, 0.6) is 0 Å². The fourth-order valence-corrected chi connectivity index (χ4v) is 5.61. The number of rotatable bonds is 3. The molecule has 46 heavy (non-hydrogen) atoms. The molecule has 1 radical (unpaired) electrons. The maximum absolute atomic E-state index is 13.9. The number of hydrogen-bond donors (Lipinski definition) is 0. The summed E-state index contributed by atoms with van der Waals surface area (Å²) in [4.78, 5) is 14.1. The summed E-state index contributed by atoms with van der Waals surface area (Å²) < 4.78 is 22.0. The van der Waals surface area contributed by atoms with Gasteiger partial charge in [0.25, 0.3) is 0 Å². The maximum atomic E-state index is 13.9. The van der Waals surface area contributed by atoms with E-state index in [-0.39, 0.29) is 25.9 Å². The third kappa shape index (κ3) is 5.26. The first-order valence-corrected chi connectivity index (χ1v) is 14.5. The number of nitrogens with zero attached hydrogens (tertiary/aromatic N) is 4. The quantitative estimate of drug-likeness (QED) is 0.168. The monoisotopic (exact) mass is 775 g/mol. The van der Waals surface area contributed by atoms with Crippen molar-refractivity contribution in [1.29, 1.82) is 0 Å². The molecule has 0 saturated heterocycles. The van der Waals surface area contributed by atoms with E-state index in [1.807, 2.05) is 114 Å². The van der Waals surface area contributed by atoms with Gasteiger partial charge in [-0.05, 0) is 36.0 Å². The first-order chi connectivity index (χ1) is 22.2. The van der Waals surface area contributed by atoms with Crippen molar-refractivity contribution in [3.05, 3.63) is 158 Å². The molecule has 0 aliphatic heterocycles. The van der Waals surface area contributed by atoms with Gasteiger partial charge >= 0.3 is 0 Å². The van der Waals surface area contributed by atoms with E-state index in [0.717, 1.165) is 49.7 Å². The first-order valence-electron chi connectivity index (χ1n) is 14.5. The zero-order valence-electron chi connectivity index (χ0n) is 24.2. The fourth-order valence-electron chi connectivity index (χ4n) is 5.61. The second-order valence-electron chi connectivity index (χ2n) is 10.5. The van der Waals surface area contributed by atoms with Crippen LogP contribution in [0.4, 0.5) is 4.39 Å². The molecule has 0 bridgehead atoms. The van der Waals surface area contributed by atoms with Crippen LogP contribution in [0.3, 0.4) is 0 Å². The number of pyridine rings is 2. The van der Waals surface area contributed by atoms with Crippen molar-refractivity contribution in [3.8, 4) is 28.3 Å². The Labute approximate surface area is 277 Å². The standard InChI is InChI=1S/C28H15FN3O.C11H8N.Ir/c29-18-13-14-21-22-11-6-12-23(26(22)33-24(21)15-18)27-31-25-20-10-5-4-7-17(20)16-30-28(25)32(27)19-8-2-1-3-9-19;1-2-6-10(7-3-1)11-8-4-5-9-12-11;/h1-11,13-16H;1-6,8-9H;/q2*-1;. The van der Waals surface area contributed by atoms with E-state index >= 15 is 0 Å². The number of hydrogen-bond acceptors (Lipinski definition) is 4. The Kier molecular flexibility index (Phi) is 7.93. The van der Waals surface area contributed by atoms with Crippen LogP contribution in [-0.4, -0.2) is 19.5 Å². The maximum Gasteiger partial charge on any atom is 0.156 e. The normalized spacial score (nSPS) is 11.0. The average molecular weight is 775 g/mol. The van der Waals surface area contributed by atoms with Gasteiger partial charge in [-0.25, -0.2) is 9.37 Å². The Hall–Kier alpha value is -5.49. The number of furan rings is 1. The summed E-state index contributed by atoms with van der Waals surface area (Å²) >= 11 is 0. The molecule has 4 aromatic heterocycles. The topological polar surface area (TPSA) is 56.7 Å². The van der Waals surface area contributed by atoms with Crippen LogP contribution in [0.1, 0.15) is 0 Å². The number of halogens is 1. The summed E-state index contributed by atoms with van der Waals surface area (Å²) in [5, 5.41) is 3.80. The molecule has 0 saturated carbocycles. The summed E-state index contributed by atoms with van der Waals surface area (Å²) in [5.74, 6) is 0.337. The molecular weight excluding hydrogens is 752 g/mol. The molecule has 0 fully saturated rings. The summed E-state index contributed by atoms with van der Waals surface area (Å²) in [5.41, 5.74) is 6.32. The van der Waals surface area contributed by atoms with Gasteiger partial charge in [-0.3, -0.25) is 4.98 Å². The summed E-state index contributed by atoms with van der Waals surface area (Å²) in [6.45, 7) is 0. The molecule has 0 aliphatic rings. The van der Waals surface area contributed by atoms with E-state index in [0.29, 0.717) is 22.6 Å². The van der Waals surface area contributed by atoms with Gasteiger partial charge in [0.15, 0.2) is 5.65 Å². The number of fused-ring (bicyclic) bond motifs is 6. The Morgan fingerprint density at radius 3 is 2.35 bits per heavy atom. The van der Waals surface area contributed by atoms with Crippen LogP contribution >= 0.6 is 0 Å². The Balaban J connectivity index is 0.000000220. The van der Waals surface area contributed by atoms with Crippen molar-refractivity contribution in [3.63, 3.8) is 0 Å². The molecule has 9 aromatic rings. The SMILES string of the molecule is Fc1ccc2c(c1)oc1c(-c3nc4c5ccccc5cnc4n3-c3ccccc3)[c-]ccc12.[Ir].[c-]1ccccc1-c1ccccn1. The largest absolute Gasteiger partial charge is 0.500 e. The van der Waals surface area contributed by atoms with Gasteiger partial charge in [0.1, 0.15) is 16.9 Å².